The summed E-state index contributed by atoms with van der Waals surface area (Å²) in [5.41, 5.74) is -0.294. The fourth-order valence-corrected chi connectivity index (χ4v) is 5.58. The van der Waals surface area contributed by atoms with Crippen molar-refractivity contribution < 1.29 is 23.4 Å². The Morgan fingerprint density at radius 2 is 1.92 bits per heavy atom. The molecule has 0 unspecified atom stereocenters. The molecule has 25 heavy (non-hydrogen) atoms. The van der Waals surface area contributed by atoms with Crippen molar-refractivity contribution >= 4 is 14.3 Å². The van der Waals surface area contributed by atoms with Crippen molar-refractivity contribution in [2.75, 3.05) is 6.61 Å². The molecular formula is C19H32O5Si. The first-order chi connectivity index (χ1) is 11.4. The maximum atomic E-state index is 12.5. The van der Waals surface area contributed by atoms with Crippen LogP contribution in [0.3, 0.4) is 0 Å². The maximum Gasteiger partial charge on any atom is 0.310 e. The number of cyclic esters (lactones) is 1. The summed E-state index contributed by atoms with van der Waals surface area (Å²) in [5.74, 6) is -0.802. The van der Waals surface area contributed by atoms with Gasteiger partial charge in [-0.15, -0.1) is 0 Å². The lowest BCUT2D eigenvalue weighted by atomic mass is 9.75. The summed E-state index contributed by atoms with van der Waals surface area (Å²) in [7, 11) is -1.68. The first-order valence-electron chi connectivity index (χ1n) is 9.31. The van der Waals surface area contributed by atoms with Crippen molar-refractivity contribution in [2.45, 2.75) is 77.4 Å². The Kier molecular flexibility index (Phi) is 4.72. The number of ether oxygens (including phenoxy) is 3. The van der Waals surface area contributed by atoms with Gasteiger partial charge in [-0.1, -0.05) is 12.2 Å². The molecule has 5 nitrogen and oxygen atoms in total. The minimum absolute atomic E-state index is 0.0510. The van der Waals surface area contributed by atoms with Crippen molar-refractivity contribution in [3.63, 3.8) is 0 Å². The lowest BCUT2D eigenvalue weighted by Gasteiger charge is -2.37. The number of hydrogen-bond acceptors (Lipinski definition) is 5. The van der Waals surface area contributed by atoms with E-state index in [4.69, 9.17) is 18.6 Å². The minimum atomic E-state index is -1.68. The zero-order chi connectivity index (χ0) is 18.6. The Morgan fingerprint density at radius 1 is 1.24 bits per heavy atom. The summed E-state index contributed by atoms with van der Waals surface area (Å²) in [6.07, 6.45) is 4.69. The van der Waals surface area contributed by atoms with Gasteiger partial charge in [0.15, 0.2) is 14.1 Å². The van der Waals surface area contributed by atoms with Crippen molar-refractivity contribution in [3.8, 4) is 0 Å². The normalized spacial score (nSPS) is 41.5. The highest BCUT2D eigenvalue weighted by Crippen LogP contribution is 2.46. The summed E-state index contributed by atoms with van der Waals surface area (Å²) in [4.78, 5) is 12.5. The second kappa shape index (κ2) is 6.18. The van der Waals surface area contributed by atoms with E-state index in [1.165, 1.54) is 0 Å². The summed E-state index contributed by atoms with van der Waals surface area (Å²) < 4.78 is 24.0. The van der Waals surface area contributed by atoms with Crippen LogP contribution in [-0.2, 0) is 23.4 Å². The summed E-state index contributed by atoms with van der Waals surface area (Å²) >= 11 is 0. The molecule has 0 saturated carbocycles. The predicted molar refractivity (Wildman–Crippen MR) is 97.5 cm³/mol. The molecule has 142 valence electrons. The molecule has 0 radical (unpaired) electrons. The van der Waals surface area contributed by atoms with Gasteiger partial charge in [0, 0.05) is 11.8 Å². The second-order valence-electron chi connectivity index (χ2n) is 9.41. The van der Waals surface area contributed by atoms with Crippen LogP contribution in [0.4, 0.5) is 0 Å². The van der Waals surface area contributed by atoms with Crippen LogP contribution in [0, 0.1) is 17.8 Å². The fourth-order valence-electron chi connectivity index (χ4n) is 4.33. The third-order valence-corrected chi connectivity index (χ3v) is 6.41. The lowest BCUT2D eigenvalue weighted by Crippen LogP contribution is -2.43. The lowest BCUT2D eigenvalue weighted by molar-refractivity contribution is -0.197. The highest BCUT2D eigenvalue weighted by atomic mass is 28.4. The number of carbonyl (C=O) groups excluding carboxylic acids is 1. The number of rotatable bonds is 4. The van der Waals surface area contributed by atoms with E-state index >= 15 is 0 Å². The van der Waals surface area contributed by atoms with Crippen LogP contribution in [0.5, 0.6) is 0 Å². The van der Waals surface area contributed by atoms with E-state index in [0.717, 1.165) is 0 Å². The van der Waals surface area contributed by atoms with E-state index in [9.17, 15) is 4.79 Å². The number of carbonyl (C=O) groups is 1. The van der Waals surface area contributed by atoms with Gasteiger partial charge in [0.1, 0.15) is 6.10 Å². The smallest absolute Gasteiger partial charge is 0.310 e. The van der Waals surface area contributed by atoms with Gasteiger partial charge in [0.2, 0.25) is 0 Å². The van der Waals surface area contributed by atoms with Gasteiger partial charge in [-0.3, -0.25) is 4.79 Å². The molecule has 2 heterocycles. The molecule has 0 aromatic rings. The Labute approximate surface area is 152 Å². The minimum Gasteiger partial charge on any atom is -0.459 e. The largest absolute Gasteiger partial charge is 0.459 e. The van der Waals surface area contributed by atoms with Gasteiger partial charge >= 0.3 is 5.97 Å². The van der Waals surface area contributed by atoms with Gasteiger partial charge in [0.25, 0.3) is 0 Å². The molecule has 1 aliphatic carbocycles. The summed E-state index contributed by atoms with van der Waals surface area (Å²) in [6.45, 7) is 15.1. The van der Waals surface area contributed by atoms with Gasteiger partial charge in [-0.05, 0) is 53.8 Å². The zero-order valence-electron chi connectivity index (χ0n) is 16.5. The molecular weight excluding hydrogens is 336 g/mol. The van der Waals surface area contributed by atoms with Crippen LogP contribution >= 0.6 is 0 Å². The predicted octanol–water partition coefficient (Wildman–Crippen LogP) is 3.50. The van der Waals surface area contributed by atoms with E-state index in [1.54, 1.807) is 0 Å². The average molecular weight is 369 g/mol. The SMILES string of the molecule is C[C@H](O[Si](C)(C)C)[C@@H]1OC(=O)[C@H]2C[C@H]([C@]3(C)OCC(C)(C)O3)C=C[C@@H]12. The van der Waals surface area contributed by atoms with E-state index in [0.29, 0.717) is 13.0 Å². The van der Waals surface area contributed by atoms with Gasteiger partial charge in [-0.25, -0.2) is 0 Å². The van der Waals surface area contributed by atoms with Crippen LogP contribution in [0.2, 0.25) is 19.6 Å². The van der Waals surface area contributed by atoms with Crippen molar-refractivity contribution in [3.05, 3.63) is 12.2 Å². The molecule has 2 aliphatic heterocycles. The van der Waals surface area contributed by atoms with Gasteiger partial charge in [-0.2, -0.15) is 0 Å². The molecule has 3 aliphatic rings. The summed E-state index contributed by atoms with van der Waals surface area (Å²) in [5, 5.41) is 0. The van der Waals surface area contributed by atoms with E-state index in [2.05, 4.69) is 31.8 Å². The average Bonchev–Trinajstić information content (AvgIpc) is 2.95. The van der Waals surface area contributed by atoms with Crippen LogP contribution in [0.15, 0.2) is 12.2 Å². The first kappa shape index (κ1) is 19.1. The Bertz CT molecular complexity index is 567. The molecule has 6 heteroatoms. The zero-order valence-corrected chi connectivity index (χ0v) is 17.5. The third-order valence-electron chi connectivity index (χ3n) is 5.33. The Morgan fingerprint density at radius 3 is 2.48 bits per heavy atom. The third kappa shape index (κ3) is 3.87. The topological polar surface area (TPSA) is 54.0 Å². The molecule has 0 bridgehead atoms. The second-order valence-corrected chi connectivity index (χ2v) is 13.9. The van der Waals surface area contributed by atoms with Crippen LogP contribution < -0.4 is 0 Å². The van der Waals surface area contributed by atoms with Crippen molar-refractivity contribution in [2.24, 2.45) is 17.8 Å². The van der Waals surface area contributed by atoms with E-state index in [1.807, 2.05) is 27.7 Å². The molecule has 6 atom stereocenters. The number of esters is 1. The number of fused-ring (bicyclic) bond motifs is 1. The molecule has 0 spiro atoms. The molecule has 0 amide bonds. The quantitative estimate of drug-likeness (QED) is 0.432. The molecule has 0 aromatic carbocycles. The van der Waals surface area contributed by atoms with Crippen molar-refractivity contribution in [1.29, 1.82) is 0 Å². The Balaban J connectivity index is 1.74. The molecule has 0 aromatic heterocycles. The van der Waals surface area contributed by atoms with Crippen LogP contribution in [0.1, 0.15) is 34.1 Å². The molecule has 2 fully saturated rings. The van der Waals surface area contributed by atoms with Crippen LogP contribution in [-0.4, -0.2) is 44.5 Å². The number of hydrogen-bond donors (Lipinski definition) is 0. The first-order valence-corrected chi connectivity index (χ1v) is 12.7. The van der Waals surface area contributed by atoms with Gasteiger partial charge in [0.05, 0.1) is 24.2 Å². The highest BCUT2D eigenvalue weighted by molar-refractivity contribution is 6.69. The van der Waals surface area contributed by atoms with E-state index < -0.39 is 14.1 Å². The monoisotopic (exact) mass is 368 g/mol. The summed E-state index contributed by atoms with van der Waals surface area (Å²) in [6, 6.07) is 0. The van der Waals surface area contributed by atoms with Gasteiger partial charge < -0.3 is 18.6 Å². The molecule has 2 saturated heterocycles. The highest BCUT2D eigenvalue weighted by Gasteiger charge is 2.54. The molecule has 3 rings (SSSR count). The maximum absolute atomic E-state index is 12.5. The standard InChI is InChI=1S/C19H32O5Si/c1-12(23-25(5,6)7)16-14-9-8-13(10-15(14)17(20)22-16)19(4)21-11-18(2,3)24-19/h8-9,12-16H,10-11H2,1-7H3/t12-,13+,14+,15-,16-,19+/m0/s1. The molecule has 0 N–H and O–H groups in total. The Hall–Kier alpha value is -0.693. The fraction of sp³-hybridized carbons (Fsp3) is 0.842. The van der Waals surface area contributed by atoms with Crippen molar-refractivity contribution in [1.82, 2.24) is 0 Å². The van der Waals surface area contributed by atoms with Crippen LogP contribution in [0.25, 0.3) is 0 Å². The van der Waals surface area contributed by atoms with E-state index in [-0.39, 0.29) is 41.5 Å².